The van der Waals surface area contributed by atoms with Gasteiger partial charge in [-0.25, -0.2) is 0 Å². The number of ether oxygens (including phenoxy) is 1. The van der Waals surface area contributed by atoms with Gasteiger partial charge < -0.3 is 4.74 Å². The van der Waals surface area contributed by atoms with Crippen LogP contribution in [-0.2, 0) is 9.53 Å². The van der Waals surface area contributed by atoms with E-state index in [1.807, 2.05) is 20.8 Å². The van der Waals surface area contributed by atoms with Gasteiger partial charge in [-0.15, -0.1) is 0 Å². The minimum atomic E-state index is -0.336. The first-order valence-electron chi connectivity index (χ1n) is 7.02. The van der Waals surface area contributed by atoms with E-state index >= 15 is 0 Å². The number of unbranched alkanes of at least 4 members (excludes halogenated alkanes) is 3. The van der Waals surface area contributed by atoms with Crippen molar-refractivity contribution in [1.29, 1.82) is 0 Å². The van der Waals surface area contributed by atoms with Crippen molar-refractivity contribution in [3.05, 3.63) is 0 Å². The number of carbonyl (C=O) groups is 1. The molecular weight excluding hydrogens is 212 g/mol. The van der Waals surface area contributed by atoms with E-state index in [1.165, 1.54) is 19.3 Å². The molecule has 0 radical (unpaired) electrons. The highest BCUT2D eigenvalue weighted by Crippen LogP contribution is 2.27. The van der Waals surface area contributed by atoms with E-state index in [0.717, 1.165) is 12.8 Å². The van der Waals surface area contributed by atoms with E-state index in [0.29, 0.717) is 5.92 Å². The Kier molecular flexibility index (Phi) is 7.49. The fourth-order valence-corrected chi connectivity index (χ4v) is 1.56. The normalized spacial score (nSPS) is 13.8. The maximum absolute atomic E-state index is 12.0. The Balaban J connectivity index is 4.06. The third-order valence-electron chi connectivity index (χ3n) is 3.44. The summed E-state index contributed by atoms with van der Waals surface area (Å²) in [7, 11) is 0. The lowest BCUT2D eigenvalue weighted by molar-refractivity contribution is -0.161. The molecule has 0 heterocycles. The molecule has 2 nitrogen and oxygen atoms in total. The Morgan fingerprint density at radius 2 is 1.71 bits per heavy atom. The molecule has 0 bridgehead atoms. The highest BCUT2D eigenvalue weighted by molar-refractivity contribution is 5.76. The van der Waals surface area contributed by atoms with Crippen LogP contribution >= 0.6 is 0 Å². The molecule has 17 heavy (non-hydrogen) atoms. The molecular formula is C15H30O2. The van der Waals surface area contributed by atoms with Gasteiger partial charge in [0.1, 0.15) is 6.10 Å². The Hall–Kier alpha value is -0.530. The Bertz CT molecular complexity index is 219. The third-order valence-corrected chi connectivity index (χ3v) is 3.44. The first-order chi connectivity index (χ1) is 7.81. The lowest BCUT2D eigenvalue weighted by Gasteiger charge is -2.26. The molecule has 0 aliphatic carbocycles. The maximum Gasteiger partial charge on any atom is 0.311 e. The SMILES string of the molecule is CCCCCCC(C)(C)C(=O)OC(C)C(C)C. The topological polar surface area (TPSA) is 26.3 Å². The second-order valence-electron chi connectivity index (χ2n) is 6.05. The van der Waals surface area contributed by atoms with Crippen molar-refractivity contribution < 1.29 is 9.53 Å². The third kappa shape index (κ3) is 6.70. The van der Waals surface area contributed by atoms with Gasteiger partial charge >= 0.3 is 5.97 Å². The predicted molar refractivity (Wildman–Crippen MR) is 72.9 cm³/mol. The number of rotatable bonds is 8. The van der Waals surface area contributed by atoms with Crippen molar-refractivity contribution in [2.45, 2.75) is 79.8 Å². The van der Waals surface area contributed by atoms with Crippen LogP contribution in [0.3, 0.4) is 0 Å². The molecule has 0 spiro atoms. The summed E-state index contributed by atoms with van der Waals surface area (Å²) < 4.78 is 5.49. The van der Waals surface area contributed by atoms with Crippen LogP contribution in [0, 0.1) is 11.3 Å². The van der Waals surface area contributed by atoms with Gasteiger partial charge in [0, 0.05) is 0 Å². The van der Waals surface area contributed by atoms with E-state index in [-0.39, 0.29) is 17.5 Å². The van der Waals surface area contributed by atoms with Crippen molar-refractivity contribution in [1.82, 2.24) is 0 Å². The van der Waals surface area contributed by atoms with Crippen LogP contribution in [0.15, 0.2) is 0 Å². The van der Waals surface area contributed by atoms with Gasteiger partial charge in [-0.2, -0.15) is 0 Å². The van der Waals surface area contributed by atoms with E-state index in [4.69, 9.17) is 4.74 Å². The summed E-state index contributed by atoms with van der Waals surface area (Å²) in [4.78, 5) is 12.0. The minimum absolute atomic E-state index is 0.0115. The van der Waals surface area contributed by atoms with Crippen LogP contribution in [0.4, 0.5) is 0 Å². The highest BCUT2D eigenvalue weighted by atomic mass is 16.5. The molecule has 0 N–H and O–H groups in total. The zero-order chi connectivity index (χ0) is 13.5. The van der Waals surface area contributed by atoms with Gasteiger partial charge in [0.15, 0.2) is 0 Å². The summed E-state index contributed by atoms with van der Waals surface area (Å²) in [6.07, 6.45) is 5.76. The Morgan fingerprint density at radius 3 is 2.18 bits per heavy atom. The Morgan fingerprint density at radius 1 is 1.12 bits per heavy atom. The molecule has 0 fully saturated rings. The zero-order valence-electron chi connectivity index (χ0n) is 12.5. The Labute approximate surface area is 107 Å². The van der Waals surface area contributed by atoms with E-state index in [1.54, 1.807) is 0 Å². The first-order valence-corrected chi connectivity index (χ1v) is 7.02. The molecule has 0 amide bonds. The van der Waals surface area contributed by atoms with Gasteiger partial charge in [0.25, 0.3) is 0 Å². The summed E-state index contributed by atoms with van der Waals surface area (Å²) in [6, 6.07) is 0. The van der Waals surface area contributed by atoms with Gasteiger partial charge in [-0.05, 0) is 33.1 Å². The maximum atomic E-state index is 12.0. The van der Waals surface area contributed by atoms with Gasteiger partial charge in [-0.3, -0.25) is 4.79 Å². The molecule has 0 aliphatic heterocycles. The molecule has 0 aromatic carbocycles. The summed E-state index contributed by atoms with van der Waals surface area (Å²) >= 11 is 0. The van der Waals surface area contributed by atoms with Crippen LogP contribution in [0.5, 0.6) is 0 Å². The summed E-state index contributed by atoms with van der Waals surface area (Å²) in [6.45, 7) is 12.3. The number of esters is 1. The van der Waals surface area contributed by atoms with Crippen LogP contribution in [-0.4, -0.2) is 12.1 Å². The van der Waals surface area contributed by atoms with Crippen LogP contribution < -0.4 is 0 Å². The number of hydrogen-bond acceptors (Lipinski definition) is 2. The van der Waals surface area contributed by atoms with Gasteiger partial charge in [0.05, 0.1) is 5.41 Å². The van der Waals surface area contributed by atoms with Crippen molar-refractivity contribution >= 4 is 5.97 Å². The van der Waals surface area contributed by atoms with E-state index in [9.17, 15) is 4.79 Å². The molecule has 0 saturated carbocycles. The molecule has 1 atom stereocenters. The van der Waals surface area contributed by atoms with E-state index in [2.05, 4.69) is 20.8 Å². The lowest BCUT2D eigenvalue weighted by atomic mass is 9.87. The van der Waals surface area contributed by atoms with Gasteiger partial charge in [0.2, 0.25) is 0 Å². The van der Waals surface area contributed by atoms with Crippen molar-refractivity contribution in [3.63, 3.8) is 0 Å². The molecule has 102 valence electrons. The molecule has 0 aromatic rings. The van der Waals surface area contributed by atoms with Crippen molar-refractivity contribution in [2.24, 2.45) is 11.3 Å². The fourth-order valence-electron chi connectivity index (χ4n) is 1.56. The minimum Gasteiger partial charge on any atom is -0.462 e. The number of hydrogen-bond donors (Lipinski definition) is 0. The highest BCUT2D eigenvalue weighted by Gasteiger charge is 2.30. The molecule has 2 heteroatoms. The molecule has 0 aliphatic rings. The second-order valence-corrected chi connectivity index (χ2v) is 6.05. The smallest absolute Gasteiger partial charge is 0.311 e. The molecule has 0 rings (SSSR count). The van der Waals surface area contributed by atoms with Crippen LogP contribution in [0.1, 0.15) is 73.6 Å². The molecule has 0 saturated heterocycles. The average Bonchev–Trinajstić information content (AvgIpc) is 2.24. The van der Waals surface area contributed by atoms with E-state index < -0.39 is 0 Å². The quantitative estimate of drug-likeness (QED) is 0.460. The first kappa shape index (κ1) is 16.5. The summed E-state index contributed by atoms with van der Waals surface area (Å²) in [5.41, 5.74) is -0.336. The molecule has 1 unspecified atom stereocenters. The van der Waals surface area contributed by atoms with Crippen LogP contribution in [0.2, 0.25) is 0 Å². The predicted octanol–water partition coefficient (Wildman–Crippen LogP) is 4.57. The van der Waals surface area contributed by atoms with Crippen molar-refractivity contribution in [3.8, 4) is 0 Å². The van der Waals surface area contributed by atoms with Crippen LogP contribution in [0.25, 0.3) is 0 Å². The zero-order valence-corrected chi connectivity index (χ0v) is 12.5. The van der Waals surface area contributed by atoms with Gasteiger partial charge in [-0.1, -0.05) is 46.5 Å². The lowest BCUT2D eigenvalue weighted by Crippen LogP contribution is -2.31. The van der Waals surface area contributed by atoms with Crippen molar-refractivity contribution in [2.75, 3.05) is 0 Å². The average molecular weight is 242 g/mol. The standard InChI is InChI=1S/C15H30O2/c1-7-8-9-10-11-15(5,6)14(16)17-13(4)12(2)3/h12-13H,7-11H2,1-6H3. The fraction of sp³-hybridized carbons (Fsp3) is 0.933. The second kappa shape index (κ2) is 7.73. The summed E-state index contributed by atoms with van der Waals surface area (Å²) in [5.74, 6) is 0.338. The molecule has 0 aromatic heterocycles. The number of carbonyl (C=O) groups excluding carboxylic acids is 1. The monoisotopic (exact) mass is 242 g/mol. The largest absolute Gasteiger partial charge is 0.462 e. The summed E-state index contributed by atoms with van der Waals surface area (Å²) in [5, 5.41) is 0.